The van der Waals surface area contributed by atoms with Crippen molar-refractivity contribution in [2.45, 2.75) is 18.9 Å². The Bertz CT molecular complexity index is 836. The molecule has 0 amide bonds. The van der Waals surface area contributed by atoms with E-state index in [1.165, 1.54) is 0 Å². The summed E-state index contributed by atoms with van der Waals surface area (Å²) in [4.78, 5) is 14.3. The Kier molecular flexibility index (Phi) is 3.38. The third-order valence-corrected chi connectivity index (χ3v) is 4.34. The number of aliphatic hydroxyl groups is 1. The first-order valence-electron chi connectivity index (χ1n) is 7.83. The van der Waals surface area contributed by atoms with E-state index in [-0.39, 0.29) is 6.10 Å². The van der Waals surface area contributed by atoms with E-state index in [9.17, 15) is 5.11 Å². The molecule has 0 saturated carbocycles. The van der Waals surface area contributed by atoms with Crippen molar-refractivity contribution in [3.05, 3.63) is 36.7 Å². The normalized spacial score (nSPS) is 16.1. The van der Waals surface area contributed by atoms with E-state index >= 15 is 0 Å². The van der Waals surface area contributed by atoms with Crippen molar-refractivity contribution in [3.63, 3.8) is 0 Å². The molecule has 1 saturated heterocycles. The summed E-state index contributed by atoms with van der Waals surface area (Å²) in [5.74, 6) is 0.945. The second-order valence-corrected chi connectivity index (χ2v) is 6.01. The number of hydrogen-bond donors (Lipinski definition) is 3. The molecule has 0 spiro atoms. The van der Waals surface area contributed by atoms with Crippen LogP contribution in [0.3, 0.4) is 0 Å². The van der Waals surface area contributed by atoms with Crippen LogP contribution in [-0.4, -0.2) is 39.3 Å². The summed E-state index contributed by atoms with van der Waals surface area (Å²) >= 11 is 0. The highest BCUT2D eigenvalue weighted by atomic mass is 16.3. The van der Waals surface area contributed by atoms with E-state index in [0.29, 0.717) is 5.69 Å². The Morgan fingerprint density at radius 3 is 2.83 bits per heavy atom. The Balaban J connectivity index is 1.67. The lowest BCUT2D eigenvalue weighted by atomic mass is 10.1. The highest BCUT2D eigenvalue weighted by Gasteiger charge is 2.18. The predicted molar refractivity (Wildman–Crippen MR) is 91.2 cm³/mol. The number of fused-ring (bicyclic) bond motifs is 1. The fourth-order valence-corrected chi connectivity index (χ4v) is 3.04. The van der Waals surface area contributed by atoms with E-state index in [0.717, 1.165) is 54.0 Å². The van der Waals surface area contributed by atoms with Crippen LogP contribution in [0, 0.1) is 0 Å². The van der Waals surface area contributed by atoms with Gasteiger partial charge >= 0.3 is 0 Å². The number of H-pyrrole nitrogens is 1. The summed E-state index contributed by atoms with van der Waals surface area (Å²) in [6.45, 7) is 1.67. The van der Waals surface area contributed by atoms with Gasteiger partial charge in [0.15, 0.2) is 0 Å². The molecule has 6 nitrogen and oxygen atoms in total. The summed E-state index contributed by atoms with van der Waals surface area (Å²) < 4.78 is 0. The molecule has 1 aliphatic rings. The van der Waals surface area contributed by atoms with Gasteiger partial charge < -0.3 is 20.7 Å². The molecule has 4 heterocycles. The van der Waals surface area contributed by atoms with Gasteiger partial charge in [-0.25, -0.2) is 9.97 Å². The summed E-state index contributed by atoms with van der Waals surface area (Å²) in [6, 6.07) is 8.02. The van der Waals surface area contributed by atoms with Crippen LogP contribution >= 0.6 is 0 Å². The lowest BCUT2D eigenvalue weighted by Crippen LogP contribution is -2.36. The first-order chi connectivity index (χ1) is 11.2. The molecule has 1 fully saturated rings. The van der Waals surface area contributed by atoms with Crippen molar-refractivity contribution < 1.29 is 5.11 Å². The zero-order valence-corrected chi connectivity index (χ0v) is 12.7. The maximum atomic E-state index is 9.64. The monoisotopic (exact) mass is 309 g/mol. The van der Waals surface area contributed by atoms with Crippen molar-refractivity contribution >= 4 is 22.5 Å². The third kappa shape index (κ3) is 2.73. The summed E-state index contributed by atoms with van der Waals surface area (Å²) in [6.07, 6.45) is 4.88. The average Bonchev–Trinajstić information content (AvgIpc) is 2.99. The van der Waals surface area contributed by atoms with Gasteiger partial charge in [0.05, 0.1) is 18.0 Å². The van der Waals surface area contributed by atoms with E-state index in [1.807, 2.05) is 18.3 Å². The van der Waals surface area contributed by atoms with Gasteiger partial charge in [-0.2, -0.15) is 0 Å². The number of anilines is 2. The fourth-order valence-electron chi connectivity index (χ4n) is 3.04. The quantitative estimate of drug-likeness (QED) is 0.675. The molecule has 6 heteroatoms. The van der Waals surface area contributed by atoms with Crippen LogP contribution in [0.1, 0.15) is 12.8 Å². The van der Waals surface area contributed by atoms with Gasteiger partial charge in [0, 0.05) is 35.9 Å². The van der Waals surface area contributed by atoms with Gasteiger partial charge in [0.1, 0.15) is 11.5 Å². The highest BCUT2D eigenvalue weighted by molar-refractivity contribution is 5.85. The van der Waals surface area contributed by atoms with E-state index in [1.54, 1.807) is 6.20 Å². The molecule has 3 aromatic heterocycles. The SMILES string of the molecule is Nc1cnc2[nH]c(-c3ccnc(N4CCC(O)CC4)c3)cc2c1. The van der Waals surface area contributed by atoms with Crippen LogP contribution in [0.4, 0.5) is 11.5 Å². The van der Waals surface area contributed by atoms with Crippen LogP contribution in [0.15, 0.2) is 36.7 Å². The number of nitrogens with zero attached hydrogens (tertiary/aromatic N) is 3. The van der Waals surface area contributed by atoms with Gasteiger partial charge in [-0.05, 0) is 37.1 Å². The minimum atomic E-state index is -0.181. The highest BCUT2D eigenvalue weighted by Crippen LogP contribution is 2.27. The first kappa shape index (κ1) is 14.0. The van der Waals surface area contributed by atoms with Crippen LogP contribution in [-0.2, 0) is 0 Å². The average molecular weight is 309 g/mol. The van der Waals surface area contributed by atoms with Crippen molar-refractivity contribution in [1.29, 1.82) is 0 Å². The Morgan fingerprint density at radius 2 is 2.00 bits per heavy atom. The fraction of sp³-hybridized carbons (Fsp3) is 0.294. The van der Waals surface area contributed by atoms with E-state index in [2.05, 4.69) is 32.0 Å². The van der Waals surface area contributed by atoms with Crippen LogP contribution in [0.5, 0.6) is 0 Å². The second-order valence-electron chi connectivity index (χ2n) is 6.01. The Labute approximate surface area is 134 Å². The smallest absolute Gasteiger partial charge is 0.137 e. The van der Waals surface area contributed by atoms with E-state index < -0.39 is 0 Å². The standard InChI is InChI=1S/C17H19N5O/c18-13-7-12-8-15(21-17(12)20-10-13)11-1-4-19-16(9-11)22-5-2-14(23)3-6-22/h1,4,7-10,14,23H,2-3,5-6,18H2,(H,20,21). The number of piperidine rings is 1. The molecule has 0 radical (unpaired) electrons. The molecule has 4 N–H and O–H groups in total. The molecule has 0 unspecified atom stereocenters. The largest absolute Gasteiger partial charge is 0.397 e. The Hall–Kier alpha value is -2.60. The van der Waals surface area contributed by atoms with Crippen LogP contribution in [0.2, 0.25) is 0 Å². The number of nitrogen functional groups attached to an aromatic ring is 1. The number of nitrogens with one attached hydrogen (secondary N) is 1. The molecule has 3 aromatic rings. The molecule has 0 atom stereocenters. The molecule has 4 rings (SSSR count). The molecule has 0 bridgehead atoms. The summed E-state index contributed by atoms with van der Waals surface area (Å²) in [5, 5.41) is 10.6. The molecular weight excluding hydrogens is 290 g/mol. The van der Waals surface area contributed by atoms with Crippen molar-refractivity contribution in [2.75, 3.05) is 23.7 Å². The van der Waals surface area contributed by atoms with Crippen LogP contribution < -0.4 is 10.6 Å². The first-order valence-corrected chi connectivity index (χ1v) is 7.83. The molecule has 0 aliphatic carbocycles. The zero-order chi connectivity index (χ0) is 15.8. The van der Waals surface area contributed by atoms with Gasteiger partial charge in [-0.1, -0.05) is 0 Å². The number of aliphatic hydroxyl groups excluding tert-OH is 1. The molecule has 118 valence electrons. The lowest BCUT2D eigenvalue weighted by Gasteiger charge is -2.30. The molecule has 23 heavy (non-hydrogen) atoms. The summed E-state index contributed by atoms with van der Waals surface area (Å²) in [7, 11) is 0. The van der Waals surface area contributed by atoms with Crippen molar-refractivity contribution in [3.8, 4) is 11.3 Å². The molecule has 1 aliphatic heterocycles. The van der Waals surface area contributed by atoms with Gasteiger partial charge in [0.25, 0.3) is 0 Å². The lowest BCUT2D eigenvalue weighted by molar-refractivity contribution is 0.145. The molecular formula is C17H19N5O. The number of aromatic amines is 1. The predicted octanol–water partition coefficient (Wildman–Crippen LogP) is 2.17. The zero-order valence-electron chi connectivity index (χ0n) is 12.7. The van der Waals surface area contributed by atoms with Crippen molar-refractivity contribution in [2.24, 2.45) is 0 Å². The topological polar surface area (TPSA) is 91.1 Å². The van der Waals surface area contributed by atoms with Crippen LogP contribution in [0.25, 0.3) is 22.3 Å². The van der Waals surface area contributed by atoms with Gasteiger partial charge in [-0.15, -0.1) is 0 Å². The Morgan fingerprint density at radius 1 is 1.17 bits per heavy atom. The minimum Gasteiger partial charge on any atom is -0.397 e. The van der Waals surface area contributed by atoms with Gasteiger partial charge in [0.2, 0.25) is 0 Å². The molecule has 0 aromatic carbocycles. The maximum absolute atomic E-state index is 9.64. The summed E-state index contributed by atoms with van der Waals surface area (Å²) in [5.41, 5.74) is 9.34. The van der Waals surface area contributed by atoms with Gasteiger partial charge in [-0.3, -0.25) is 0 Å². The number of nitrogens with two attached hydrogens (primary N) is 1. The maximum Gasteiger partial charge on any atom is 0.137 e. The minimum absolute atomic E-state index is 0.181. The number of aromatic nitrogens is 3. The third-order valence-electron chi connectivity index (χ3n) is 4.34. The number of rotatable bonds is 2. The second kappa shape index (κ2) is 5.55. The van der Waals surface area contributed by atoms with Crippen molar-refractivity contribution in [1.82, 2.24) is 15.0 Å². The number of pyridine rings is 2. The van der Waals surface area contributed by atoms with E-state index in [4.69, 9.17) is 5.73 Å². The number of hydrogen-bond acceptors (Lipinski definition) is 5.